The fraction of sp³-hybridized carbons (Fsp3) is 0.297. The number of sulfonamides is 1. The maximum Gasteiger partial charge on any atom is 0.264 e. The van der Waals surface area contributed by atoms with Gasteiger partial charge in [-0.2, -0.15) is 0 Å². The Kier molecular flexibility index (Phi) is 11.6. The minimum absolute atomic E-state index is 0.0172. The average molecular weight is 693 g/mol. The quantitative estimate of drug-likeness (QED) is 0.166. The van der Waals surface area contributed by atoms with Crippen LogP contribution < -0.4 is 9.62 Å². The van der Waals surface area contributed by atoms with Gasteiger partial charge in [0.1, 0.15) is 12.6 Å². The number of nitrogens with one attached hydrogen (secondary N) is 1. The highest BCUT2D eigenvalue weighted by Gasteiger charge is 2.36. The van der Waals surface area contributed by atoms with Crippen LogP contribution in [0.2, 0.25) is 10.0 Å². The molecule has 10 heteroatoms. The zero-order valence-corrected chi connectivity index (χ0v) is 28.6. The molecule has 1 aliphatic carbocycles. The predicted octanol–water partition coefficient (Wildman–Crippen LogP) is 7.59. The van der Waals surface area contributed by atoms with E-state index in [0.717, 1.165) is 53.1 Å². The van der Waals surface area contributed by atoms with E-state index in [1.54, 1.807) is 60.7 Å². The van der Waals surface area contributed by atoms with Gasteiger partial charge in [0.05, 0.1) is 15.6 Å². The van der Waals surface area contributed by atoms with Gasteiger partial charge < -0.3 is 10.2 Å². The second-order valence-electron chi connectivity index (χ2n) is 12.0. The first-order valence-corrected chi connectivity index (χ1v) is 18.0. The third-order valence-corrected chi connectivity index (χ3v) is 10.8. The molecule has 1 saturated carbocycles. The topological polar surface area (TPSA) is 86.8 Å². The summed E-state index contributed by atoms with van der Waals surface area (Å²) in [5.41, 5.74) is 2.68. The smallest absolute Gasteiger partial charge is 0.264 e. The molecule has 0 bridgehead atoms. The van der Waals surface area contributed by atoms with Crippen molar-refractivity contribution in [3.8, 4) is 0 Å². The lowest BCUT2D eigenvalue weighted by atomic mass is 9.94. The molecule has 1 atom stereocenters. The van der Waals surface area contributed by atoms with Crippen LogP contribution in [0.25, 0.3) is 0 Å². The van der Waals surface area contributed by atoms with Crippen LogP contribution in [0.5, 0.6) is 0 Å². The maximum atomic E-state index is 14.6. The largest absolute Gasteiger partial charge is 0.352 e. The van der Waals surface area contributed by atoms with Crippen molar-refractivity contribution in [3.63, 3.8) is 0 Å². The highest BCUT2D eigenvalue weighted by atomic mass is 35.5. The van der Waals surface area contributed by atoms with Crippen LogP contribution in [0.3, 0.4) is 0 Å². The predicted molar refractivity (Wildman–Crippen MR) is 188 cm³/mol. The molecule has 7 nitrogen and oxygen atoms in total. The molecule has 2 amide bonds. The van der Waals surface area contributed by atoms with Crippen molar-refractivity contribution >= 4 is 50.7 Å². The number of halogens is 2. The van der Waals surface area contributed by atoms with Crippen molar-refractivity contribution < 1.29 is 18.0 Å². The average Bonchev–Trinajstić information content (AvgIpc) is 3.07. The molecule has 1 N–H and O–H groups in total. The molecule has 1 aliphatic rings. The van der Waals surface area contributed by atoms with Crippen LogP contribution >= 0.6 is 23.2 Å². The van der Waals surface area contributed by atoms with Crippen LogP contribution in [0, 0.1) is 6.92 Å². The van der Waals surface area contributed by atoms with Crippen molar-refractivity contribution in [2.24, 2.45) is 0 Å². The van der Waals surface area contributed by atoms with Gasteiger partial charge in [-0.3, -0.25) is 13.9 Å². The Morgan fingerprint density at radius 2 is 1.45 bits per heavy atom. The summed E-state index contributed by atoms with van der Waals surface area (Å²) < 4.78 is 29.5. The SMILES string of the molecule is Cc1ccc(S(=O)(=O)N(CC(=O)N(Cc2ccc(Cl)cc2)[C@H](Cc2ccccc2)C(=O)NC2CCCCC2)c2ccccc2Cl)cc1. The van der Waals surface area contributed by atoms with Gasteiger partial charge in [-0.15, -0.1) is 0 Å². The lowest BCUT2D eigenvalue weighted by Gasteiger charge is -2.35. The maximum absolute atomic E-state index is 14.6. The zero-order valence-electron chi connectivity index (χ0n) is 26.3. The Morgan fingerprint density at radius 3 is 2.11 bits per heavy atom. The summed E-state index contributed by atoms with van der Waals surface area (Å²) in [7, 11) is -4.24. The Bertz CT molecular complexity index is 1760. The molecule has 0 heterocycles. The number of carbonyl (C=O) groups is 2. The Morgan fingerprint density at radius 1 is 0.809 bits per heavy atom. The van der Waals surface area contributed by atoms with Crippen LogP contribution in [-0.4, -0.2) is 43.8 Å². The standard InChI is InChI=1S/C37H39Cl2N3O4S/c1-27-16-22-32(23-17-27)47(45,46)42(34-15-9-8-14-33(34)39)26-36(43)41(25-29-18-20-30(38)21-19-29)35(24-28-10-4-2-5-11-28)37(44)40-31-12-6-3-7-13-31/h2,4-5,8-11,14-23,31,35H,3,6-7,12-13,24-26H2,1H3,(H,40,44)/t35-/m1/s1. The highest BCUT2D eigenvalue weighted by molar-refractivity contribution is 7.92. The summed E-state index contributed by atoms with van der Waals surface area (Å²) in [6, 6.07) is 28.6. The van der Waals surface area contributed by atoms with Crippen molar-refractivity contribution in [1.29, 1.82) is 0 Å². The van der Waals surface area contributed by atoms with Gasteiger partial charge in [-0.05, 0) is 67.3 Å². The summed E-state index contributed by atoms with van der Waals surface area (Å²) in [6.07, 6.45) is 5.20. The first-order valence-electron chi connectivity index (χ1n) is 15.8. The molecule has 0 unspecified atom stereocenters. The van der Waals surface area contributed by atoms with E-state index in [-0.39, 0.29) is 40.5 Å². The molecule has 1 fully saturated rings. The number of rotatable bonds is 12. The van der Waals surface area contributed by atoms with Crippen LogP contribution in [0.1, 0.15) is 48.8 Å². The van der Waals surface area contributed by atoms with Gasteiger partial charge in [-0.1, -0.05) is 115 Å². The van der Waals surface area contributed by atoms with Gasteiger partial charge in [0.15, 0.2) is 0 Å². The number of amides is 2. The van der Waals surface area contributed by atoms with Crippen molar-refractivity contribution in [2.75, 3.05) is 10.8 Å². The second-order valence-corrected chi connectivity index (χ2v) is 14.7. The molecule has 246 valence electrons. The van der Waals surface area contributed by atoms with E-state index < -0.39 is 28.5 Å². The normalized spacial score (nSPS) is 14.3. The minimum atomic E-state index is -4.24. The van der Waals surface area contributed by atoms with Crippen molar-refractivity contribution in [2.45, 2.75) is 69.0 Å². The van der Waals surface area contributed by atoms with E-state index in [1.165, 1.54) is 17.0 Å². The minimum Gasteiger partial charge on any atom is -0.352 e. The number of hydrogen-bond donors (Lipinski definition) is 1. The first kappa shape index (κ1) is 34.5. The molecule has 0 aromatic heterocycles. The Hall–Kier alpha value is -3.85. The summed E-state index contributed by atoms with van der Waals surface area (Å²) >= 11 is 12.7. The summed E-state index contributed by atoms with van der Waals surface area (Å²) in [4.78, 5) is 30.3. The van der Waals surface area contributed by atoms with Gasteiger partial charge in [-0.25, -0.2) is 8.42 Å². The summed E-state index contributed by atoms with van der Waals surface area (Å²) in [5.74, 6) is -0.816. The number of benzene rings is 4. The fourth-order valence-corrected chi connectivity index (χ4v) is 7.74. The monoisotopic (exact) mass is 691 g/mol. The molecule has 5 rings (SSSR count). The van der Waals surface area contributed by atoms with E-state index in [1.807, 2.05) is 37.3 Å². The number of hydrogen-bond acceptors (Lipinski definition) is 4. The molecular formula is C37H39Cl2N3O4S. The molecule has 0 aliphatic heterocycles. The molecule has 0 saturated heterocycles. The van der Waals surface area contributed by atoms with E-state index >= 15 is 0 Å². The van der Waals surface area contributed by atoms with Gasteiger partial charge in [0.2, 0.25) is 11.8 Å². The van der Waals surface area contributed by atoms with Crippen molar-refractivity contribution in [1.82, 2.24) is 10.2 Å². The van der Waals surface area contributed by atoms with E-state index in [4.69, 9.17) is 23.2 Å². The van der Waals surface area contributed by atoms with E-state index in [0.29, 0.717) is 5.02 Å². The van der Waals surface area contributed by atoms with Crippen LogP contribution in [0.4, 0.5) is 5.69 Å². The molecule has 0 spiro atoms. The lowest BCUT2D eigenvalue weighted by molar-refractivity contribution is -0.140. The molecular weight excluding hydrogens is 653 g/mol. The number of anilines is 1. The molecule has 47 heavy (non-hydrogen) atoms. The fourth-order valence-electron chi connectivity index (χ4n) is 5.89. The Balaban J connectivity index is 1.56. The zero-order chi connectivity index (χ0) is 33.4. The Labute approximate surface area is 287 Å². The molecule has 4 aromatic rings. The lowest BCUT2D eigenvalue weighted by Crippen LogP contribution is -2.55. The molecule has 0 radical (unpaired) electrons. The summed E-state index contributed by atoms with van der Waals surface area (Å²) in [5, 5.41) is 3.93. The van der Waals surface area contributed by atoms with Gasteiger partial charge in [0, 0.05) is 24.0 Å². The van der Waals surface area contributed by atoms with Crippen LogP contribution in [-0.2, 0) is 32.6 Å². The third kappa shape index (κ3) is 8.95. The molecule has 4 aromatic carbocycles. The summed E-state index contributed by atoms with van der Waals surface area (Å²) in [6.45, 7) is 1.35. The third-order valence-electron chi connectivity index (χ3n) is 8.50. The highest BCUT2D eigenvalue weighted by Crippen LogP contribution is 2.31. The van der Waals surface area contributed by atoms with Crippen molar-refractivity contribution in [3.05, 3.63) is 130 Å². The van der Waals surface area contributed by atoms with E-state index in [9.17, 15) is 18.0 Å². The second kappa shape index (κ2) is 15.8. The number of carbonyl (C=O) groups excluding carboxylic acids is 2. The van der Waals surface area contributed by atoms with Gasteiger partial charge in [0.25, 0.3) is 10.0 Å². The first-order chi connectivity index (χ1) is 22.6. The van der Waals surface area contributed by atoms with E-state index in [2.05, 4.69) is 5.32 Å². The van der Waals surface area contributed by atoms with Gasteiger partial charge >= 0.3 is 0 Å². The number of nitrogens with zero attached hydrogens (tertiary/aromatic N) is 2. The van der Waals surface area contributed by atoms with Crippen LogP contribution in [0.15, 0.2) is 108 Å². The number of para-hydroxylation sites is 1. The number of aryl methyl sites for hydroxylation is 1.